The van der Waals surface area contributed by atoms with Crippen molar-refractivity contribution >= 4 is 17.7 Å². The molecule has 2 saturated heterocycles. The zero-order valence-corrected chi connectivity index (χ0v) is 15.5. The van der Waals surface area contributed by atoms with Crippen LogP contribution in [-0.4, -0.2) is 59.7 Å². The van der Waals surface area contributed by atoms with Crippen LogP contribution in [0.4, 0.5) is 0 Å². The second kappa shape index (κ2) is 7.78. The number of imide groups is 1. The van der Waals surface area contributed by atoms with Gasteiger partial charge in [0.05, 0.1) is 0 Å². The topological polar surface area (TPSA) is 81.8 Å². The lowest BCUT2D eigenvalue weighted by molar-refractivity contribution is -0.136. The predicted molar refractivity (Wildman–Crippen MR) is 99.9 cm³/mol. The Labute approximate surface area is 159 Å². The molecule has 2 fully saturated rings. The summed E-state index contributed by atoms with van der Waals surface area (Å²) >= 11 is 0. The van der Waals surface area contributed by atoms with Crippen molar-refractivity contribution in [3.05, 3.63) is 34.9 Å². The minimum Gasteiger partial charge on any atom is -0.322 e. The van der Waals surface area contributed by atoms with Crippen molar-refractivity contribution in [3.8, 4) is 0 Å². The molecule has 4 rings (SSSR count). The fourth-order valence-electron chi connectivity index (χ4n) is 4.23. The van der Waals surface area contributed by atoms with Gasteiger partial charge >= 0.3 is 0 Å². The Morgan fingerprint density at radius 3 is 2.59 bits per heavy atom. The van der Waals surface area contributed by atoms with Crippen LogP contribution < -0.4 is 10.6 Å². The van der Waals surface area contributed by atoms with Gasteiger partial charge in [-0.05, 0) is 62.6 Å². The third kappa shape index (κ3) is 3.89. The van der Waals surface area contributed by atoms with Gasteiger partial charge in [0.2, 0.25) is 11.8 Å². The Morgan fingerprint density at radius 2 is 1.85 bits per heavy atom. The molecule has 0 aromatic heterocycles. The van der Waals surface area contributed by atoms with Gasteiger partial charge in [-0.2, -0.15) is 0 Å². The summed E-state index contributed by atoms with van der Waals surface area (Å²) < 4.78 is 0. The molecule has 1 unspecified atom stereocenters. The Bertz CT molecular complexity index is 756. The molecule has 1 aromatic rings. The molecule has 0 aliphatic carbocycles. The number of fused-ring (bicyclic) bond motifs is 1. The van der Waals surface area contributed by atoms with Crippen LogP contribution in [0, 0.1) is 0 Å². The van der Waals surface area contributed by atoms with Crippen LogP contribution in [0.2, 0.25) is 0 Å². The predicted octanol–water partition coefficient (Wildman–Crippen LogP) is 0.633. The molecule has 3 heterocycles. The first-order chi connectivity index (χ1) is 13.1. The summed E-state index contributed by atoms with van der Waals surface area (Å²) in [5.74, 6) is -0.726. The second-order valence-electron chi connectivity index (χ2n) is 7.62. The monoisotopic (exact) mass is 370 g/mol. The quantitative estimate of drug-likeness (QED) is 0.763. The zero-order valence-electron chi connectivity index (χ0n) is 15.5. The molecule has 1 aromatic carbocycles. The van der Waals surface area contributed by atoms with Crippen LogP contribution in [-0.2, 0) is 22.7 Å². The van der Waals surface area contributed by atoms with Gasteiger partial charge in [-0.1, -0.05) is 12.1 Å². The molecule has 7 nitrogen and oxygen atoms in total. The minimum absolute atomic E-state index is 0.108. The van der Waals surface area contributed by atoms with E-state index in [1.165, 1.54) is 5.56 Å². The number of nitrogens with one attached hydrogen (secondary N) is 2. The molecule has 0 saturated carbocycles. The number of amides is 3. The summed E-state index contributed by atoms with van der Waals surface area (Å²) in [6.07, 6.45) is 2.98. The maximum atomic E-state index is 12.8. The van der Waals surface area contributed by atoms with Crippen LogP contribution in [0.5, 0.6) is 0 Å². The Kier molecular flexibility index (Phi) is 5.22. The lowest BCUT2D eigenvalue weighted by Gasteiger charge is -2.29. The first kappa shape index (κ1) is 18.1. The van der Waals surface area contributed by atoms with E-state index in [2.05, 4.69) is 21.6 Å². The Hall–Kier alpha value is -2.25. The third-order valence-electron chi connectivity index (χ3n) is 5.65. The van der Waals surface area contributed by atoms with E-state index in [9.17, 15) is 14.4 Å². The fourth-order valence-corrected chi connectivity index (χ4v) is 4.23. The molecular formula is C20H26N4O3. The van der Waals surface area contributed by atoms with Crippen LogP contribution in [0.1, 0.15) is 47.2 Å². The van der Waals surface area contributed by atoms with E-state index in [-0.39, 0.29) is 24.1 Å². The molecule has 3 amide bonds. The molecule has 0 bridgehead atoms. The molecule has 0 spiro atoms. The number of piperidine rings is 1. The van der Waals surface area contributed by atoms with E-state index >= 15 is 0 Å². The van der Waals surface area contributed by atoms with E-state index < -0.39 is 6.04 Å². The standard InChI is InChI=1S/C20H26N4O3/c25-18-6-5-17(19(26)22-18)24-13-15-11-14(3-4-16(15)20(24)27)12-23-9-1-7-21-8-2-10-23/h3-4,11,17,21H,1-2,5-10,12-13H2,(H,22,25,26). The van der Waals surface area contributed by atoms with Gasteiger partial charge in [0.1, 0.15) is 6.04 Å². The van der Waals surface area contributed by atoms with E-state index in [0.29, 0.717) is 18.5 Å². The summed E-state index contributed by atoms with van der Waals surface area (Å²) in [5, 5.41) is 5.78. The number of benzene rings is 1. The van der Waals surface area contributed by atoms with Crippen molar-refractivity contribution in [2.24, 2.45) is 0 Å². The lowest BCUT2D eigenvalue weighted by Crippen LogP contribution is -2.52. The van der Waals surface area contributed by atoms with Crippen LogP contribution in [0.25, 0.3) is 0 Å². The summed E-state index contributed by atoms with van der Waals surface area (Å²) in [4.78, 5) is 40.3. The highest BCUT2D eigenvalue weighted by molar-refractivity contribution is 6.05. The SMILES string of the molecule is O=C1CCC(N2Cc3cc(CN4CCCNCCC4)ccc3C2=O)C(=O)N1. The summed E-state index contributed by atoms with van der Waals surface area (Å²) in [6.45, 7) is 5.61. The van der Waals surface area contributed by atoms with Gasteiger partial charge in [0.15, 0.2) is 0 Å². The average Bonchev–Trinajstić information content (AvgIpc) is 2.93. The molecule has 0 radical (unpaired) electrons. The van der Waals surface area contributed by atoms with Crippen molar-refractivity contribution in [1.82, 2.24) is 20.4 Å². The molecule has 27 heavy (non-hydrogen) atoms. The van der Waals surface area contributed by atoms with E-state index in [1.807, 2.05) is 12.1 Å². The van der Waals surface area contributed by atoms with Crippen molar-refractivity contribution < 1.29 is 14.4 Å². The Balaban J connectivity index is 1.45. The van der Waals surface area contributed by atoms with E-state index in [4.69, 9.17) is 0 Å². The number of hydrogen-bond acceptors (Lipinski definition) is 5. The van der Waals surface area contributed by atoms with Gasteiger partial charge < -0.3 is 10.2 Å². The first-order valence-corrected chi connectivity index (χ1v) is 9.81. The summed E-state index contributed by atoms with van der Waals surface area (Å²) in [6, 6.07) is 5.48. The highest BCUT2D eigenvalue weighted by atomic mass is 16.2. The van der Waals surface area contributed by atoms with Crippen LogP contribution in [0.15, 0.2) is 18.2 Å². The maximum absolute atomic E-state index is 12.8. The molecule has 7 heteroatoms. The highest BCUT2D eigenvalue weighted by Gasteiger charge is 2.39. The van der Waals surface area contributed by atoms with Crippen molar-refractivity contribution in [1.29, 1.82) is 0 Å². The van der Waals surface area contributed by atoms with Crippen molar-refractivity contribution in [3.63, 3.8) is 0 Å². The summed E-state index contributed by atoms with van der Waals surface area (Å²) in [7, 11) is 0. The maximum Gasteiger partial charge on any atom is 0.255 e. The van der Waals surface area contributed by atoms with Crippen LogP contribution in [0.3, 0.4) is 0 Å². The number of nitrogens with zero attached hydrogens (tertiary/aromatic N) is 2. The van der Waals surface area contributed by atoms with Gasteiger partial charge in [-0.15, -0.1) is 0 Å². The molecule has 144 valence electrons. The molecule has 2 N–H and O–H groups in total. The number of carbonyl (C=O) groups excluding carboxylic acids is 3. The van der Waals surface area contributed by atoms with E-state index in [1.54, 1.807) is 4.90 Å². The molecule has 1 atom stereocenters. The van der Waals surface area contributed by atoms with Crippen molar-refractivity contribution in [2.75, 3.05) is 26.2 Å². The van der Waals surface area contributed by atoms with E-state index in [0.717, 1.165) is 51.1 Å². The largest absolute Gasteiger partial charge is 0.322 e. The van der Waals surface area contributed by atoms with Gasteiger partial charge in [-0.3, -0.25) is 24.6 Å². The normalized spacial score (nSPS) is 24.4. The lowest BCUT2D eigenvalue weighted by atomic mass is 10.0. The number of hydrogen-bond donors (Lipinski definition) is 2. The molecule has 3 aliphatic heterocycles. The van der Waals surface area contributed by atoms with Gasteiger partial charge in [0, 0.05) is 25.1 Å². The smallest absolute Gasteiger partial charge is 0.255 e. The first-order valence-electron chi connectivity index (χ1n) is 9.81. The van der Waals surface area contributed by atoms with Gasteiger partial charge in [-0.25, -0.2) is 0 Å². The number of rotatable bonds is 3. The average molecular weight is 370 g/mol. The van der Waals surface area contributed by atoms with Gasteiger partial charge in [0.25, 0.3) is 5.91 Å². The zero-order chi connectivity index (χ0) is 18.8. The second-order valence-corrected chi connectivity index (χ2v) is 7.62. The highest BCUT2D eigenvalue weighted by Crippen LogP contribution is 2.28. The molecular weight excluding hydrogens is 344 g/mol. The van der Waals surface area contributed by atoms with Crippen molar-refractivity contribution in [2.45, 2.75) is 44.8 Å². The van der Waals surface area contributed by atoms with Crippen LogP contribution >= 0.6 is 0 Å². The number of carbonyl (C=O) groups is 3. The molecule has 3 aliphatic rings. The third-order valence-corrected chi connectivity index (χ3v) is 5.65. The fraction of sp³-hybridized carbons (Fsp3) is 0.550. The Morgan fingerprint density at radius 1 is 1.07 bits per heavy atom. The minimum atomic E-state index is -0.548. The summed E-state index contributed by atoms with van der Waals surface area (Å²) in [5.41, 5.74) is 2.87.